The molecule has 0 aromatic heterocycles. The number of benzene rings is 1. The van der Waals surface area contributed by atoms with E-state index >= 15 is 0 Å². The van der Waals surface area contributed by atoms with Crippen LogP contribution < -0.4 is 5.32 Å². The normalized spacial score (nSPS) is 16.9. The zero-order valence-electron chi connectivity index (χ0n) is 12.3. The molecule has 0 atom stereocenters. The molecule has 3 nitrogen and oxygen atoms in total. The molecule has 0 aliphatic carbocycles. The van der Waals surface area contributed by atoms with Crippen molar-refractivity contribution in [2.24, 2.45) is 0 Å². The van der Waals surface area contributed by atoms with Crippen LogP contribution in [-0.2, 0) is 4.79 Å². The lowest BCUT2D eigenvalue weighted by Gasteiger charge is -2.31. The molecular formula is C16H20F2N2O. The molecule has 0 radical (unpaired) electrons. The highest BCUT2D eigenvalue weighted by Gasteiger charge is 2.21. The molecule has 1 amide bonds. The molecule has 114 valence electrons. The van der Waals surface area contributed by atoms with E-state index in [9.17, 15) is 13.6 Å². The number of piperidine rings is 1. The van der Waals surface area contributed by atoms with E-state index in [-0.39, 0.29) is 17.5 Å². The number of halogens is 2. The second-order valence-electron chi connectivity index (χ2n) is 5.38. The molecule has 0 bridgehead atoms. The minimum atomic E-state index is -0.652. The first-order valence-electron chi connectivity index (χ1n) is 7.10. The highest BCUT2D eigenvalue weighted by atomic mass is 19.1. The van der Waals surface area contributed by atoms with Crippen molar-refractivity contribution in [3.05, 3.63) is 41.5 Å². The molecule has 0 saturated carbocycles. The summed E-state index contributed by atoms with van der Waals surface area (Å²) in [5.41, 5.74) is 0.752. The van der Waals surface area contributed by atoms with Crippen LogP contribution in [0.2, 0.25) is 0 Å². The van der Waals surface area contributed by atoms with Crippen LogP contribution in [0.4, 0.5) is 8.78 Å². The Labute approximate surface area is 123 Å². The largest absolute Gasteiger partial charge is 0.339 e. The topological polar surface area (TPSA) is 32.3 Å². The van der Waals surface area contributed by atoms with Crippen LogP contribution >= 0.6 is 0 Å². The average Bonchev–Trinajstić information content (AvgIpc) is 2.47. The predicted molar refractivity (Wildman–Crippen MR) is 78.7 cm³/mol. The molecule has 1 aliphatic rings. The number of carbonyl (C=O) groups is 1. The molecule has 0 spiro atoms. The van der Waals surface area contributed by atoms with Crippen LogP contribution in [0.25, 0.3) is 5.57 Å². The number of amides is 1. The summed E-state index contributed by atoms with van der Waals surface area (Å²) in [5, 5.41) is 3.25. The fraction of sp³-hybridized carbons (Fsp3) is 0.438. The van der Waals surface area contributed by atoms with Gasteiger partial charge in [0.15, 0.2) is 0 Å². The van der Waals surface area contributed by atoms with Gasteiger partial charge in [-0.3, -0.25) is 4.79 Å². The van der Waals surface area contributed by atoms with Gasteiger partial charge >= 0.3 is 0 Å². The number of hydrogen-bond acceptors (Lipinski definition) is 2. The Kier molecular flexibility index (Phi) is 5.07. The molecular weight excluding hydrogens is 274 g/mol. The number of hydrogen-bond donors (Lipinski definition) is 1. The molecule has 1 heterocycles. The standard InChI is InChI=1S/C16H20F2N2O/c1-11(14-4-3-12(17)10-15(14)18)9-16(21)20(2)13-5-7-19-8-6-13/h3-4,9-10,13,19H,5-8H2,1-2H3/b11-9+. The second-order valence-corrected chi connectivity index (χ2v) is 5.38. The van der Waals surface area contributed by atoms with Crippen molar-refractivity contribution in [3.63, 3.8) is 0 Å². The summed E-state index contributed by atoms with van der Waals surface area (Å²) >= 11 is 0. The Hall–Kier alpha value is -1.75. The van der Waals surface area contributed by atoms with Crippen molar-refractivity contribution in [1.82, 2.24) is 10.2 Å². The van der Waals surface area contributed by atoms with Crippen molar-refractivity contribution in [2.45, 2.75) is 25.8 Å². The first-order chi connectivity index (χ1) is 9.99. The highest BCUT2D eigenvalue weighted by Crippen LogP contribution is 2.19. The third kappa shape index (κ3) is 3.88. The predicted octanol–water partition coefficient (Wildman–Crippen LogP) is 2.58. The van der Waals surface area contributed by atoms with Crippen molar-refractivity contribution < 1.29 is 13.6 Å². The molecule has 0 unspecified atom stereocenters. The number of nitrogens with zero attached hydrogens (tertiary/aromatic N) is 1. The summed E-state index contributed by atoms with van der Waals surface area (Å²) in [6.07, 6.45) is 3.25. The van der Waals surface area contributed by atoms with Gasteiger partial charge in [0.25, 0.3) is 0 Å². The molecule has 1 aromatic carbocycles. The number of carbonyl (C=O) groups excluding carboxylic acids is 1. The average molecular weight is 294 g/mol. The van der Waals surface area contributed by atoms with E-state index in [2.05, 4.69) is 5.32 Å². The number of likely N-dealkylation sites (N-methyl/N-ethyl adjacent to an activating group) is 1. The fourth-order valence-electron chi connectivity index (χ4n) is 2.55. The Morgan fingerprint density at radius 3 is 2.62 bits per heavy atom. The SMILES string of the molecule is C/C(=C\C(=O)N(C)C1CCNCC1)c1ccc(F)cc1F. The maximum atomic E-state index is 13.7. The first-order valence-corrected chi connectivity index (χ1v) is 7.10. The monoisotopic (exact) mass is 294 g/mol. The van der Waals surface area contributed by atoms with Crippen LogP contribution in [0.1, 0.15) is 25.3 Å². The lowest BCUT2D eigenvalue weighted by Crippen LogP contribution is -2.43. The van der Waals surface area contributed by atoms with Gasteiger partial charge in [0.1, 0.15) is 11.6 Å². The highest BCUT2D eigenvalue weighted by molar-refractivity contribution is 5.95. The van der Waals surface area contributed by atoms with E-state index in [0.29, 0.717) is 5.57 Å². The van der Waals surface area contributed by atoms with E-state index in [1.807, 2.05) is 0 Å². The number of allylic oxidation sites excluding steroid dienone is 1. The Balaban J connectivity index is 2.11. The van der Waals surface area contributed by atoms with Gasteiger partial charge < -0.3 is 10.2 Å². The zero-order valence-corrected chi connectivity index (χ0v) is 12.3. The molecule has 21 heavy (non-hydrogen) atoms. The van der Waals surface area contributed by atoms with Gasteiger partial charge in [-0.1, -0.05) is 0 Å². The van der Waals surface area contributed by atoms with Crippen molar-refractivity contribution >= 4 is 11.5 Å². The van der Waals surface area contributed by atoms with Gasteiger partial charge in [0.2, 0.25) is 5.91 Å². The summed E-state index contributed by atoms with van der Waals surface area (Å²) in [6.45, 7) is 3.46. The van der Waals surface area contributed by atoms with E-state index < -0.39 is 11.6 Å². The minimum Gasteiger partial charge on any atom is -0.339 e. The van der Waals surface area contributed by atoms with E-state index in [0.717, 1.165) is 32.0 Å². The van der Waals surface area contributed by atoms with E-state index in [1.165, 1.54) is 18.2 Å². The van der Waals surface area contributed by atoms with Gasteiger partial charge in [-0.25, -0.2) is 8.78 Å². The molecule has 1 N–H and O–H groups in total. The number of nitrogens with one attached hydrogen (secondary N) is 1. The summed E-state index contributed by atoms with van der Waals surface area (Å²) in [6, 6.07) is 3.58. The van der Waals surface area contributed by atoms with Gasteiger partial charge in [-0.2, -0.15) is 0 Å². The summed E-state index contributed by atoms with van der Waals surface area (Å²) in [5.74, 6) is -1.42. The van der Waals surface area contributed by atoms with Gasteiger partial charge in [-0.15, -0.1) is 0 Å². The Morgan fingerprint density at radius 2 is 2.00 bits per heavy atom. The van der Waals surface area contributed by atoms with Crippen LogP contribution in [0.3, 0.4) is 0 Å². The summed E-state index contributed by atoms with van der Waals surface area (Å²) in [4.78, 5) is 13.9. The quantitative estimate of drug-likeness (QED) is 0.869. The Morgan fingerprint density at radius 1 is 1.33 bits per heavy atom. The summed E-state index contributed by atoms with van der Waals surface area (Å²) in [7, 11) is 1.77. The molecule has 1 saturated heterocycles. The van der Waals surface area contributed by atoms with Crippen LogP contribution in [0.15, 0.2) is 24.3 Å². The maximum Gasteiger partial charge on any atom is 0.246 e. The molecule has 1 aromatic rings. The third-order valence-corrected chi connectivity index (χ3v) is 3.90. The van der Waals surface area contributed by atoms with E-state index in [1.54, 1.807) is 18.9 Å². The number of rotatable bonds is 3. The van der Waals surface area contributed by atoms with Crippen molar-refractivity contribution in [2.75, 3.05) is 20.1 Å². The molecule has 5 heteroatoms. The van der Waals surface area contributed by atoms with Crippen LogP contribution in [-0.4, -0.2) is 37.0 Å². The van der Waals surface area contributed by atoms with Crippen LogP contribution in [0, 0.1) is 11.6 Å². The van der Waals surface area contributed by atoms with Gasteiger partial charge in [0, 0.05) is 30.8 Å². The lowest BCUT2D eigenvalue weighted by atomic mass is 10.0. The fourth-order valence-corrected chi connectivity index (χ4v) is 2.55. The second kappa shape index (κ2) is 6.80. The molecule has 1 aliphatic heterocycles. The maximum absolute atomic E-state index is 13.7. The molecule has 1 fully saturated rings. The van der Waals surface area contributed by atoms with Crippen LogP contribution in [0.5, 0.6) is 0 Å². The Bertz CT molecular complexity index is 551. The van der Waals surface area contributed by atoms with E-state index in [4.69, 9.17) is 0 Å². The first kappa shape index (κ1) is 15.6. The smallest absolute Gasteiger partial charge is 0.246 e. The molecule has 2 rings (SSSR count). The summed E-state index contributed by atoms with van der Waals surface area (Å²) < 4.78 is 26.6. The van der Waals surface area contributed by atoms with Gasteiger partial charge in [-0.05, 0) is 50.6 Å². The lowest BCUT2D eigenvalue weighted by molar-refractivity contribution is -0.127. The zero-order chi connectivity index (χ0) is 15.4. The van der Waals surface area contributed by atoms with Gasteiger partial charge in [0.05, 0.1) is 0 Å². The van der Waals surface area contributed by atoms with Crippen molar-refractivity contribution in [3.8, 4) is 0 Å². The minimum absolute atomic E-state index is 0.150. The third-order valence-electron chi connectivity index (χ3n) is 3.90. The van der Waals surface area contributed by atoms with Crippen molar-refractivity contribution in [1.29, 1.82) is 0 Å².